The van der Waals surface area contributed by atoms with Crippen LogP contribution >= 0.6 is 22.6 Å². The predicted molar refractivity (Wildman–Crippen MR) is 248 cm³/mol. The molecule has 9 rings (SSSR count). The van der Waals surface area contributed by atoms with E-state index in [1.165, 1.54) is 9.13 Å². The zero-order valence-corrected chi connectivity index (χ0v) is 36.7. The largest absolute Gasteiger partial charge is 0.341 e. The van der Waals surface area contributed by atoms with Gasteiger partial charge in [0, 0.05) is 63.0 Å². The normalized spacial score (nSPS) is 14.6. The lowest BCUT2D eigenvalue weighted by Crippen LogP contribution is -2.44. The van der Waals surface area contributed by atoms with Gasteiger partial charge in [-0.3, -0.25) is 37.4 Å². The van der Waals surface area contributed by atoms with Crippen LogP contribution in [0.4, 0.5) is 11.9 Å². The number of hydrogen-bond acceptors (Lipinski definition) is 10. The van der Waals surface area contributed by atoms with E-state index in [9.17, 15) is 19.2 Å². The van der Waals surface area contributed by atoms with Gasteiger partial charge in [-0.15, -0.1) is 0 Å². The Hall–Kier alpha value is -5.79. The Morgan fingerprint density at radius 1 is 0.623 bits per heavy atom. The maximum absolute atomic E-state index is 13.3. The molecule has 17 heteroatoms. The molecule has 0 bridgehead atoms. The molecule has 16 nitrogen and oxygen atoms in total. The Morgan fingerprint density at radius 2 is 1.18 bits per heavy atom. The van der Waals surface area contributed by atoms with Crippen molar-refractivity contribution in [3.8, 4) is 0 Å². The molecule has 0 aliphatic carbocycles. The molecule has 61 heavy (non-hydrogen) atoms. The van der Waals surface area contributed by atoms with Gasteiger partial charge in [0.05, 0.1) is 19.6 Å². The Morgan fingerprint density at radius 3 is 1.82 bits per heavy atom. The highest BCUT2D eigenvalue weighted by Gasteiger charge is 2.26. The molecule has 0 atom stereocenters. The van der Waals surface area contributed by atoms with Gasteiger partial charge in [0.1, 0.15) is 0 Å². The Bertz CT molecular complexity index is 2860. The first-order chi connectivity index (χ1) is 29.7. The number of aromatic amines is 1. The first-order valence-corrected chi connectivity index (χ1v) is 22.0. The van der Waals surface area contributed by atoms with E-state index in [-0.39, 0.29) is 11.2 Å². The number of H-pyrrole nitrogens is 1. The number of aryl methyl sites for hydroxylation is 1. The van der Waals surface area contributed by atoms with E-state index >= 15 is 0 Å². The molecule has 0 saturated carbocycles. The van der Waals surface area contributed by atoms with Crippen molar-refractivity contribution in [1.82, 2.24) is 48.4 Å². The van der Waals surface area contributed by atoms with Crippen molar-refractivity contribution in [2.24, 2.45) is 7.05 Å². The minimum absolute atomic E-state index is 0.259. The predicted octanol–water partition coefficient (Wildman–Crippen LogP) is 3.15. The van der Waals surface area contributed by atoms with Crippen molar-refractivity contribution in [1.29, 1.82) is 0 Å². The van der Waals surface area contributed by atoms with Crippen molar-refractivity contribution in [3.05, 3.63) is 147 Å². The van der Waals surface area contributed by atoms with Crippen LogP contribution in [0.15, 0.2) is 104 Å². The molecule has 0 radical (unpaired) electrons. The van der Waals surface area contributed by atoms with Gasteiger partial charge in [-0.1, -0.05) is 85.8 Å². The summed E-state index contributed by atoms with van der Waals surface area (Å²) in [6.07, 6.45) is 1.71. The summed E-state index contributed by atoms with van der Waals surface area (Å²) < 4.78 is 9.46. The number of anilines is 2. The highest BCUT2D eigenvalue weighted by atomic mass is 127. The highest BCUT2D eigenvalue weighted by Crippen LogP contribution is 2.25. The van der Waals surface area contributed by atoms with E-state index in [4.69, 9.17) is 9.97 Å². The van der Waals surface area contributed by atoms with E-state index in [2.05, 4.69) is 60.1 Å². The van der Waals surface area contributed by atoms with Gasteiger partial charge in [-0.25, -0.2) is 9.59 Å². The highest BCUT2D eigenvalue weighted by molar-refractivity contribution is 14.1. The number of benzene rings is 3. The standard InChI is InChI=1S/C24H25IN6O2.C20H26N6O2/c25-19-10-5-4-9-18(19)16-30-20-21(27-23(30)29-13-6-11-26-12-14-29)31(24(33)28-22(20)32)15-17-7-2-1-3-8-17;1-3-11-25-18(27)16-17(23(2)20(25)28)22-19(24-12-9-21-10-13-24)26(16)14-15-7-5-4-6-8-15/h1-5,7-10,26H,6,11-16H2,(H,28,32,33);4-8,21H,3,9-14H2,1-2H3. The summed E-state index contributed by atoms with van der Waals surface area (Å²) in [6, 6.07) is 27.9. The first-order valence-electron chi connectivity index (χ1n) is 20.9. The molecule has 318 valence electrons. The summed E-state index contributed by atoms with van der Waals surface area (Å²) in [5.74, 6) is 1.48. The second kappa shape index (κ2) is 18.9. The Kier molecular flexibility index (Phi) is 13.0. The average molecular weight is 939 g/mol. The number of nitrogens with one attached hydrogen (secondary N) is 3. The third-order valence-electron chi connectivity index (χ3n) is 11.2. The van der Waals surface area contributed by atoms with Crippen molar-refractivity contribution >= 4 is 56.8 Å². The number of halogens is 1. The molecule has 0 unspecified atom stereocenters. The van der Waals surface area contributed by atoms with Gasteiger partial charge in [-0.05, 0) is 64.7 Å². The maximum Gasteiger partial charge on any atom is 0.332 e. The van der Waals surface area contributed by atoms with Gasteiger partial charge in [0.25, 0.3) is 11.1 Å². The molecule has 2 aliphatic heterocycles. The average Bonchev–Trinajstić information content (AvgIpc) is 3.72. The van der Waals surface area contributed by atoms with Crippen LogP contribution in [0.1, 0.15) is 36.5 Å². The molecule has 3 aromatic carbocycles. The summed E-state index contributed by atoms with van der Waals surface area (Å²) in [7, 11) is 1.69. The van der Waals surface area contributed by atoms with Crippen LogP contribution in [-0.4, -0.2) is 90.1 Å². The van der Waals surface area contributed by atoms with Gasteiger partial charge >= 0.3 is 11.4 Å². The van der Waals surface area contributed by atoms with Crippen LogP contribution in [0.3, 0.4) is 0 Å². The molecule has 7 aromatic rings. The summed E-state index contributed by atoms with van der Waals surface area (Å²) in [4.78, 5) is 68.5. The summed E-state index contributed by atoms with van der Waals surface area (Å²) in [6.45, 7) is 10.5. The van der Waals surface area contributed by atoms with Crippen LogP contribution < -0.4 is 42.9 Å². The smallest absolute Gasteiger partial charge is 0.332 e. The molecule has 2 fully saturated rings. The fourth-order valence-electron chi connectivity index (χ4n) is 8.11. The van der Waals surface area contributed by atoms with Crippen LogP contribution in [0, 0.1) is 3.57 Å². The number of rotatable bonds is 10. The first kappa shape index (κ1) is 41.9. The van der Waals surface area contributed by atoms with Gasteiger partial charge in [0.2, 0.25) is 11.9 Å². The molecular weight excluding hydrogens is 887 g/mol. The lowest BCUT2D eigenvalue weighted by Gasteiger charge is -2.28. The molecule has 2 aliphatic rings. The number of piperazine rings is 1. The molecule has 6 heterocycles. The monoisotopic (exact) mass is 938 g/mol. The zero-order valence-electron chi connectivity index (χ0n) is 34.5. The fraction of sp³-hybridized carbons (Fsp3) is 0.364. The minimum Gasteiger partial charge on any atom is -0.341 e. The second-order valence-corrected chi connectivity index (χ2v) is 16.5. The third kappa shape index (κ3) is 8.85. The van der Waals surface area contributed by atoms with Crippen LogP contribution in [0.2, 0.25) is 0 Å². The zero-order chi connectivity index (χ0) is 42.5. The lowest BCUT2D eigenvalue weighted by atomic mass is 10.2. The summed E-state index contributed by atoms with van der Waals surface area (Å²) in [5, 5.41) is 6.77. The lowest BCUT2D eigenvalue weighted by molar-refractivity contribution is 0.571. The summed E-state index contributed by atoms with van der Waals surface area (Å²) in [5.41, 5.74) is 3.54. The molecule has 4 aromatic heterocycles. The number of nitrogens with zero attached hydrogens (tertiary/aromatic N) is 9. The van der Waals surface area contributed by atoms with Gasteiger partial charge in [-0.2, -0.15) is 9.97 Å². The molecule has 3 N–H and O–H groups in total. The van der Waals surface area contributed by atoms with E-state index in [0.717, 1.165) is 97.4 Å². The quantitative estimate of drug-likeness (QED) is 0.174. The minimum atomic E-state index is -0.445. The molecule has 2 saturated heterocycles. The van der Waals surface area contributed by atoms with Crippen molar-refractivity contribution in [2.45, 2.75) is 45.9 Å². The van der Waals surface area contributed by atoms with Crippen molar-refractivity contribution in [2.75, 3.05) is 62.2 Å². The van der Waals surface area contributed by atoms with E-state index in [1.54, 1.807) is 11.6 Å². The topological polar surface area (TPSA) is 165 Å². The van der Waals surface area contributed by atoms with Crippen LogP contribution in [-0.2, 0) is 33.2 Å². The number of fused-ring (bicyclic) bond motifs is 2. The number of hydrogen-bond donors (Lipinski definition) is 3. The molecule has 0 spiro atoms. The fourth-order valence-corrected chi connectivity index (χ4v) is 8.67. The van der Waals surface area contributed by atoms with Crippen LogP contribution in [0.5, 0.6) is 0 Å². The second-order valence-electron chi connectivity index (χ2n) is 15.4. The van der Waals surface area contributed by atoms with Crippen molar-refractivity contribution < 1.29 is 0 Å². The maximum atomic E-state index is 13.3. The third-order valence-corrected chi connectivity index (χ3v) is 12.3. The number of imidazole rings is 2. The Balaban J connectivity index is 0.000000171. The number of aromatic nitrogens is 8. The van der Waals surface area contributed by atoms with Gasteiger partial charge < -0.3 is 20.4 Å². The van der Waals surface area contributed by atoms with Gasteiger partial charge in [0.15, 0.2) is 22.3 Å². The molecular formula is C44H51IN12O4. The van der Waals surface area contributed by atoms with Crippen LogP contribution in [0.25, 0.3) is 22.3 Å². The SMILES string of the molecule is CCCn1c(=O)c2c(nc(N3CCNCC3)n2Cc2ccccc2)n(C)c1=O.O=c1[nH]c(=O)n(Cc2ccccc2)c2nc(N3CCCNCC3)n(Cc3ccccc3I)c12. The molecule has 0 amide bonds. The van der Waals surface area contributed by atoms with Crippen molar-refractivity contribution in [3.63, 3.8) is 0 Å². The summed E-state index contributed by atoms with van der Waals surface area (Å²) >= 11 is 2.32. The Labute approximate surface area is 365 Å². The van der Waals surface area contributed by atoms with E-state index in [1.807, 2.05) is 88.9 Å². The van der Waals surface area contributed by atoms with E-state index < -0.39 is 11.2 Å². The van der Waals surface area contributed by atoms with E-state index in [0.29, 0.717) is 48.5 Å².